The van der Waals surface area contributed by atoms with Gasteiger partial charge in [0, 0.05) is 5.57 Å². The molecule has 7 heteroatoms. The van der Waals surface area contributed by atoms with E-state index in [1.165, 1.54) is 0 Å². The van der Waals surface area contributed by atoms with Gasteiger partial charge in [-0.1, -0.05) is 0 Å². The lowest BCUT2D eigenvalue weighted by Crippen LogP contribution is -2.45. The first-order valence-corrected chi connectivity index (χ1v) is 5.00. The molecule has 0 amide bonds. The Morgan fingerprint density at radius 3 is 2.28 bits per heavy atom. The zero-order valence-corrected chi connectivity index (χ0v) is 10.1. The van der Waals surface area contributed by atoms with E-state index in [9.17, 15) is 24.3 Å². The summed E-state index contributed by atoms with van der Waals surface area (Å²) < 4.78 is 9.08. The van der Waals surface area contributed by atoms with Gasteiger partial charge in [-0.2, -0.15) is 0 Å². The normalized spacial score (nSPS) is 22.7. The minimum atomic E-state index is -2.24. The molecule has 98 valence electrons. The third-order valence-corrected chi connectivity index (χ3v) is 2.45. The van der Waals surface area contributed by atoms with E-state index >= 15 is 0 Å². The van der Waals surface area contributed by atoms with Gasteiger partial charge in [0.2, 0.25) is 5.60 Å². The maximum Gasteiger partial charge on any atom is 0.355 e. The van der Waals surface area contributed by atoms with Gasteiger partial charge in [0.1, 0.15) is 5.78 Å². The van der Waals surface area contributed by atoms with Gasteiger partial charge in [0.15, 0.2) is 5.78 Å². The SMILES string of the molecule is COC(=O)C1(CC(C)=O)OC(=O)C([O-])=C1C(C)=O. The maximum atomic E-state index is 11.7. The maximum absolute atomic E-state index is 11.7. The highest BCUT2D eigenvalue weighted by Crippen LogP contribution is 2.36. The summed E-state index contributed by atoms with van der Waals surface area (Å²) in [7, 11) is 0.999. The van der Waals surface area contributed by atoms with Crippen LogP contribution in [0.3, 0.4) is 0 Å². The van der Waals surface area contributed by atoms with Crippen LogP contribution in [0.25, 0.3) is 0 Å². The van der Waals surface area contributed by atoms with Crippen molar-refractivity contribution in [1.82, 2.24) is 0 Å². The number of methoxy groups -OCH3 is 1. The Labute approximate surface area is 102 Å². The zero-order chi connectivity index (χ0) is 14.1. The van der Waals surface area contributed by atoms with Gasteiger partial charge < -0.3 is 14.6 Å². The monoisotopic (exact) mass is 255 g/mol. The van der Waals surface area contributed by atoms with Crippen LogP contribution in [-0.4, -0.2) is 36.2 Å². The van der Waals surface area contributed by atoms with Crippen molar-refractivity contribution in [2.75, 3.05) is 7.11 Å². The van der Waals surface area contributed by atoms with Crippen LogP contribution in [0.5, 0.6) is 0 Å². The molecule has 0 saturated carbocycles. The van der Waals surface area contributed by atoms with Crippen LogP contribution in [0.2, 0.25) is 0 Å². The van der Waals surface area contributed by atoms with Gasteiger partial charge in [0.05, 0.1) is 13.5 Å². The lowest BCUT2D eigenvalue weighted by Gasteiger charge is -2.26. The second kappa shape index (κ2) is 4.59. The first kappa shape index (κ1) is 13.9. The molecule has 0 spiro atoms. The molecule has 0 aliphatic carbocycles. The lowest BCUT2D eigenvalue weighted by molar-refractivity contribution is -0.301. The van der Waals surface area contributed by atoms with Crippen LogP contribution in [0.1, 0.15) is 20.3 Å². The van der Waals surface area contributed by atoms with Crippen molar-refractivity contribution in [3.05, 3.63) is 11.3 Å². The molecular weight excluding hydrogens is 244 g/mol. The Hall–Kier alpha value is -2.18. The van der Waals surface area contributed by atoms with Crippen molar-refractivity contribution in [3.8, 4) is 0 Å². The fourth-order valence-electron chi connectivity index (χ4n) is 1.84. The van der Waals surface area contributed by atoms with Crippen LogP contribution >= 0.6 is 0 Å². The average Bonchev–Trinajstić information content (AvgIpc) is 2.49. The van der Waals surface area contributed by atoms with E-state index in [-0.39, 0.29) is 0 Å². The molecule has 1 atom stereocenters. The summed E-state index contributed by atoms with van der Waals surface area (Å²) in [6.45, 7) is 2.14. The van der Waals surface area contributed by atoms with E-state index in [4.69, 9.17) is 0 Å². The minimum Gasteiger partial charge on any atom is -0.867 e. The second-order valence-corrected chi connectivity index (χ2v) is 3.85. The Morgan fingerprint density at radius 1 is 1.33 bits per heavy atom. The number of carbonyl (C=O) groups is 4. The Balaban J connectivity index is 3.44. The number of hydrogen-bond donors (Lipinski definition) is 0. The molecule has 1 rings (SSSR count). The quantitative estimate of drug-likeness (QED) is 0.570. The molecule has 0 N–H and O–H groups in total. The highest BCUT2D eigenvalue weighted by atomic mass is 16.6. The summed E-state index contributed by atoms with van der Waals surface area (Å²) in [5.41, 5.74) is -2.89. The van der Waals surface area contributed by atoms with Gasteiger partial charge in [-0.3, -0.25) is 9.59 Å². The van der Waals surface area contributed by atoms with Crippen LogP contribution in [-0.2, 0) is 28.7 Å². The second-order valence-electron chi connectivity index (χ2n) is 3.85. The molecule has 0 bridgehead atoms. The van der Waals surface area contributed by atoms with Crippen molar-refractivity contribution in [2.45, 2.75) is 25.9 Å². The number of ketones is 2. The van der Waals surface area contributed by atoms with E-state index in [0.29, 0.717) is 0 Å². The van der Waals surface area contributed by atoms with E-state index in [1.807, 2.05) is 0 Å². The largest absolute Gasteiger partial charge is 0.867 e. The molecule has 0 radical (unpaired) electrons. The lowest BCUT2D eigenvalue weighted by atomic mass is 9.87. The summed E-state index contributed by atoms with van der Waals surface area (Å²) in [5.74, 6) is -5.01. The molecule has 1 aliphatic heterocycles. The van der Waals surface area contributed by atoms with Crippen LogP contribution in [0, 0.1) is 0 Å². The van der Waals surface area contributed by atoms with Crippen molar-refractivity contribution in [3.63, 3.8) is 0 Å². The molecule has 0 saturated heterocycles. The summed E-state index contributed by atoms with van der Waals surface area (Å²) in [4.78, 5) is 45.5. The molecule has 0 aromatic heterocycles. The van der Waals surface area contributed by atoms with E-state index in [1.54, 1.807) is 0 Å². The third-order valence-electron chi connectivity index (χ3n) is 2.45. The summed E-state index contributed by atoms with van der Waals surface area (Å²) in [5, 5.41) is 11.5. The number of ether oxygens (including phenoxy) is 2. The highest BCUT2D eigenvalue weighted by molar-refractivity contribution is 6.13. The summed E-state index contributed by atoms with van der Waals surface area (Å²) >= 11 is 0. The fraction of sp³-hybridized carbons (Fsp3) is 0.455. The van der Waals surface area contributed by atoms with Gasteiger partial charge in [0.25, 0.3) is 0 Å². The fourth-order valence-corrected chi connectivity index (χ4v) is 1.84. The van der Waals surface area contributed by atoms with Gasteiger partial charge in [-0.05, 0) is 19.6 Å². The smallest absolute Gasteiger partial charge is 0.355 e. The van der Waals surface area contributed by atoms with E-state index < -0.39 is 46.9 Å². The average molecular weight is 255 g/mol. The van der Waals surface area contributed by atoms with Crippen molar-refractivity contribution < 1.29 is 33.8 Å². The minimum absolute atomic E-state index is 0.526. The number of Topliss-reactive ketones (excluding diaryl/α,β-unsaturated/α-hetero) is 2. The predicted octanol–water partition coefficient (Wildman–Crippen LogP) is -1.36. The van der Waals surface area contributed by atoms with Gasteiger partial charge in [-0.15, -0.1) is 0 Å². The van der Waals surface area contributed by atoms with Gasteiger partial charge >= 0.3 is 11.9 Å². The van der Waals surface area contributed by atoms with Gasteiger partial charge in [-0.25, -0.2) is 9.59 Å². The van der Waals surface area contributed by atoms with Crippen LogP contribution in [0.4, 0.5) is 0 Å². The first-order chi connectivity index (χ1) is 8.26. The number of esters is 2. The third kappa shape index (κ3) is 1.99. The number of cyclic esters (lactones) is 1. The summed E-state index contributed by atoms with van der Waals surface area (Å²) in [6.07, 6.45) is -0.605. The highest BCUT2D eigenvalue weighted by Gasteiger charge is 2.54. The van der Waals surface area contributed by atoms with E-state index in [2.05, 4.69) is 9.47 Å². The molecule has 0 aromatic carbocycles. The van der Waals surface area contributed by atoms with Crippen LogP contribution in [0.15, 0.2) is 11.3 Å². The molecule has 0 fully saturated rings. The Bertz CT molecular complexity index is 474. The molecule has 1 aliphatic rings. The molecule has 18 heavy (non-hydrogen) atoms. The molecule has 1 unspecified atom stereocenters. The zero-order valence-electron chi connectivity index (χ0n) is 10.1. The topological polar surface area (TPSA) is 110 Å². The molecular formula is C11H11O7-. The Morgan fingerprint density at radius 2 is 1.89 bits per heavy atom. The Kier molecular flexibility index (Phi) is 3.54. The number of hydrogen-bond acceptors (Lipinski definition) is 7. The number of rotatable bonds is 4. The van der Waals surface area contributed by atoms with Crippen molar-refractivity contribution in [1.29, 1.82) is 0 Å². The predicted molar refractivity (Wildman–Crippen MR) is 53.8 cm³/mol. The van der Waals surface area contributed by atoms with Crippen LogP contribution < -0.4 is 5.11 Å². The number of carbonyl (C=O) groups excluding carboxylic acids is 4. The van der Waals surface area contributed by atoms with Crippen molar-refractivity contribution >= 4 is 23.5 Å². The molecule has 1 heterocycles. The standard InChI is InChI=1S/C11H12O7/c1-5(12)4-11(10(16)17-3)7(6(2)13)8(14)9(15)18-11/h14H,4H2,1-3H3/p-1. The van der Waals surface area contributed by atoms with E-state index in [0.717, 1.165) is 21.0 Å². The van der Waals surface area contributed by atoms with Crippen molar-refractivity contribution in [2.24, 2.45) is 0 Å². The first-order valence-electron chi connectivity index (χ1n) is 5.00. The summed E-state index contributed by atoms with van der Waals surface area (Å²) in [6, 6.07) is 0. The molecule has 7 nitrogen and oxygen atoms in total. The molecule has 0 aromatic rings.